The van der Waals surface area contributed by atoms with Gasteiger partial charge in [0.1, 0.15) is 0 Å². The standard InChI is InChI=1S/C17H9BrF3NOS2/c18-12-5-7-13(8-6-12)22-15(23)14(25-16(22)24)9-10-1-3-11(4-2-10)17(19,20)21/h1-9H/b14-9-. The first-order chi connectivity index (χ1) is 11.8. The number of thioether (sulfide) groups is 1. The molecule has 3 rings (SSSR count). The predicted octanol–water partition coefficient (Wildman–Crippen LogP) is 5.87. The van der Waals surface area contributed by atoms with Crippen LogP contribution in [-0.4, -0.2) is 10.2 Å². The Labute approximate surface area is 159 Å². The fraction of sp³-hybridized carbons (Fsp3) is 0.0588. The molecule has 0 spiro atoms. The van der Waals surface area contributed by atoms with Crippen molar-refractivity contribution in [3.05, 3.63) is 69.0 Å². The molecular formula is C17H9BrF3NOS2. The topological polar surface area (TPSA) is 20.3 Å². The number of amides is 1. The highest BCUT2D eigenvalue weighted by atomic mass is 79.9. The molecule has 0 aliphatic carbocycles. The highest BCUT2D eigenvalue weighted by molar-refractivity contribution is 9.10. The molecule has 0 unspecified atom stereocenters. The van der Waals surface area contributed by atoms with E-state index in [0.29, 0.717) is 20.5 Å². The lowest BCUT2D eigenvalue weighted by Gasteiger charge is -2.14. The number of hydrogen-bond acceptors (Lipinski definition) is 3. The van der Waals surface area contributed by atoms with Crippen molar-refractivity contribution in [3.63, 3.8) is 0 Å². The molecule has 8 heteroatoms. The molecule has 2 aromatic rings. The first kappa shape index (κ1) is 18.2. The Bertz CT molecular complexity index is 861. The SMILES string of the molecule is O=C1/C(=C/c2ccc(C(F)(F)F)cc2)SC(=S)N1c1ccc(Br)cc1. The number of carbonyl (C=O) groups excluding carboxylic acids is 1. The van der Waals surface area contributed by atoms with Crippen LogP contribution >= 0.6 is 39.9 Å². The summed E-state index contributed by atoms with van der Waals surface area (Å²) in [7, 11) is 0. The van der Waals surface area contributed by atoms with Crippen molar-refractivity contribution < 1.29 is 18.0 Å². The molecule has 25 heavy (non-hydrogen) atoms. The second-order valence-electron chi connectivity index (χ2n) is 5.11. The molecule has 2 aromatic carbocycles. The number of hydrogen-bond donors (Lipinski definition) is 0. The number of anilines is 1. The lowest BCUT2D eigenvalue weighted by molar-refractivity contribution is -0.137. The highest BCUT2D eigenvalue weighted by Crippen LogP contribution is 2.36. The molecule has 0 N–H and O–H groups in total. The Morgan fingerprint density at radius 2 is 1.64 bits per heavy atom. The van der Waals surface area contributed by atoms with E-state index in [-0.39, 0.29) is 5.91 Å². The number of thiocarbonyl (C=S) groups is 1. The third-order valence-electron chi connectivity index (χ3n) is 3.41. The van der Waals surface area contributed by atoms with Crippen molar-refractivity contribution in [2.45, 2.75) is 6.18 Å². The van der Waals surface area contributed by atoms with Crippen LogP contribution in [-0.2, 0) is 11.0 Å². The average Bonchev–Trinajstić information content (AvgIpc) is 2.82. The smallest absolute Gasteiger partial charge is 0.268 e. The van der Waals surface area contributed by atoms with Gasteiger partial charge in [0.25, 0.3) is 5.91 Å². The monoisotopic (exact) mass is 443 g/mol. The molecular weight excluding hydrogens is 435 g/mol. The maximum absolute atomic E-state index is 12.6. The molecule has 128 valence electrons. The van der Waals surface area contributed by atoms with Gasteiger partial charge in [-0.1, -0.05) is 52.0 Å². The molecule has 0 radical (unpaired) electrons. The quantitative estimate of drug-likeness (QED) is 0.427. The Kier molecular flexibility index (Phi) is 5.04. The van der Waals surface area contributed by atoms with Crippen LogP contribution < -0.4 is 4.90 Å². The van der Waals surface area contributed by atoms with E-state index in [2.05, 4.69) is 15.9 Å². The third kappa shape index (κ3) is 3.96. The molecule has 2 nitrogen and oxygen atoms in total. The maximum atomic E-state index is 12.6. The average molecular weight is 444 g/mol. The van der Waals surface area contributed by atoms with E-state index in [4.69, 9.17) is 12.2 Å². The van der Waals surface area contributed by atoms with Gasteiger partial charge >= 0.3 is 6.18 Å². The molecule has 1 saturated heterocycles. The largest absolute Gasteiger partial charge is 0.416 e. The third-order valence-corrected chi connectivity index (χ3v) is 5.25. The fourth-order valence-corrected chi connectivity index (χ4v) is 3.76. The van der Waals surface area contributed by atoms with Crippen LogP contribution in [0.4, 0.5) is 18.9 Å². The summed E-state index contributed by atoms with van der Waals surface area (Å²) in [6, 6.07) is 11.7. The minimum atomic E-state index is -4.39. The number of rotatable bonds is 2. The van der Waals surface area contributed by atoms with E-state index in [1.807, 2.05) is 0 Å². The first-order valence-corrected chi connectivity index (χ1v) is 8.98. The summed E-state index contributed by atoms with van der Waals surface area (Å²) in [6.45, 7) is 0. The van der Waals surface area contributed by atoms with Crippen LogP contribution in [0.15, 0.2) is 57.9 Å². The van der Waals surface area contributed by atoms with Crippen LogP contribution in [0.1, 0.15) is 11.1 Å². The van der Waals surface area contributed by atoms with Gasteiger partial charge in [-0.2, -0.15) is 13.2 Å². The Morgan fingerprint density at radius 3 is 2.20 bits per heavy atom. The zero-order chi connectivity index (χ0) is 18.2. The summed E-state index contributed by atoms with van der Waals surface area (Å²) >= 11 is 9.71. The molecule has 1 aliphatic rings. The molecule has 0 aromatic heterocycles. The van der Waals surface area contributed by atoms with Crippen molar-refractivity contribution in [2.24, 2.45) is 0 Å². The number of alkyl halides is 3. The molecule has 1 heterocycles. The molecule has 0 saturated carbocycles. The second-order valence-corrected chi connectivity index (χ2v) is 7.70. The van der Waals surface area contributed by atoms with Crippen molar-refractivity contribution >= 4 is 61.9 Å². The van der Waals surface area contributed by atoms with Crippen molar-refractivity contribution in [1.82, 2.24) is 0 Å². The van der Waals surface area contributed by atoms with E-state index in [0.717, 1.165) is 28.4 Å². The number of nitrogens with zero attached hydrogens (tertiary/aromatic N) is 1. The molecule has 1 aliphatic heterocycles. The van der Waals surface area contributed by atoms with E-state index in [9.17, 15) is 18.0 Å². The van der Waals surface area contributed by atoms with Crippen LogP contribution in [0, 0.1) is 0 Å². The zero-order valence-electron chi connectivity index (χ0n) is 12.4. The second kappa shape index (κ2) is 6.93. The van der Waals surface area contributed by atoms with Crippen molar-refractivity contribution in [2.75, 3.05) is 4.90 Å². The summed E-state index contributed by atoms with van der Waals surface area (Å²) in [5.41, 5.74) is 0.415. The minimum Gasteiger partial charge on any atom is -0.268 e. The van der Waals surface area contributed by atoms with Gasteiger partial charge in [-0.3, -0.25) is 9.69 Å². The summed E-state index contributed by atoms with van der Waals surface area (Å²) in [6.07, 6.45) is -2.85. The molecule has 0 atom stereocenters. The Hall–Kier alpha value is -1.64. The van der Waals surface area contributed by atoms with Gasteiger partial charge in [-0.25, -0.2) is 0 Å². The van der Waals surface area contributed by atoms with E-state index >= 15 is 0 Å². The number of benzene rings is 2. The van der Waals surface area contributed by atoms with Gasteiger partial charge in [0.05, 0.1) is 16.2 Å². The van der Waals surface area contributed by atoms with Gasteiger partial charge in [0, 0.05) is 4.47 Å². The summed E-state index contributed by atoms with van der Waals surface area (Å²) in [5, 5.41) is 0. The van der Waals surface area contributed by atoms with Crippen molar-refractivity contribution in [1.29, 1.82) is 0 Å². The summed E-state index contributed by atoms with van der Waals surface area (Å²) in [4.78, 5) is 14.4. The predicted molar refractivity (Wildman–Crippen MR) is 101 cm³/mol. The van der Waals surface area contributed by atoms with Gasteiger partial charge in [0.15, 0.2) is 4.32 Å². The summed E-state index contributed by atoms with van der Waals surface area (Å²) < 4.78 is 39.1. The van der Waals surface area contributed by atoms with Crippen LogP contribution in [0.2, 0.25) is 0 Å². The van der Waals surface area contributed by atoms with Crippen LogP contribution in [0.3, 0.4) is 0 Å². The Balaban J connectivity index is 1.86. The molecule has 1 amide bonds. The van der Waals surface area contributed by atoms with E-state index < -0.39 is 11.7 Å². The molecule has 0 bridgehead atoms. The lowest BCUT2D eigenvalue weighted by Crippen LogP contribution is -2.27. The van der Waals surface area contributed by atoms with Gasteiger partial charge in [-0.15, -0.1) is 0 Å². The zero-order valence-corrected chi connectivity index (χ0v) is 15.6. The first-order valence-electron chi connectivity index (χ1n) is 6.96. The minimum absolute atomic E-state index is 0.294. The van der Waals surface area contributed by atoms with Crippen LogP contribution in [0.5, 0.6) is 0 Å². The maximum Gasteiger partial charge on any atom is 0.416 e. The van der Waals surface area contributed by atoms with Gasteiger partial charge < -0.3 is 0 Å². The highest BCUT2D eigenvalue weighted by Gasteiger charge is 2.33. The van der Waals surface area contributed by atoms with Gasteiger partial charge in [-0.05, 0) is 48.0 Å². The summed E-state index contributed by atoms with van der Waals surface area (Å²) in [5.74, 6) is -0.294. The normalized spacial score (nSPS) is 16.8. The van der Waals surface area contributed by atoms with E-state index in [1.54, 1.807) is 24.3 Å². The Morgan fingerprint density at radius 1 is 1.04 bits per heavy atom. The number of carbonyl (C=O) groups is 1. The van der Waals surface area contributed by atoms with E-state index in [1.165, 1.54) is 23.1 Å². The number of halogens is 4. The van der Waals surface area contributed by atoms with Gasteiger partial charge in [0.2, 0.25) is 0 Å². The van der Waals surface area contributed by atoms with Crippen molar-refractivity contribution in [3.8, 4) is 0 Å². The lowest BCUT2D eigenvalue weighted by atomic mass is 10.1. The van der Waals surface area contributed by atoms with Crippen LogP contribution in [0.25, 0.3) is 6.08 Å². The fourth-order valence-electron chi connectivity index (χ4n) is 2.20. The molecule has 1 fully saturated rings.